The zero-order valence-corrected chi connectivity index (χ0v) is 9.48. The number of alkyl halides is 3. The van der Waals surface area contributed by atoms with E-state index in [1.54, 1.807) is 6.92 Å². The maximum Gasteiger partial charge on any atom is 0.401 e. The van der Waals surface area contributed by atoms with E-state index >= 15 is 0 Å². The van der Waals surface area contributed by atoms with Crippen molar-refractivity contribution < 1.29 is 27.4 Å². The smallest absolute Gasteiger partial charge is 0.401 e. The summed E-state index contributed by atoms with van der Waals surface area (Å²) in [6, 6.07) is 0. The summed E-state index contributed by atoms with van der Waals surface area (Å²) in [6.45, 7) is 1.85. The summed E-state index contributed by atoms with van der Waals surface area (Å²) in [5, 5.41) is 2.10. The first kappa shape index (κ1) is 15.2. The average Bonchev–Trinajstić information content (AvgIpc) is 2.21. The fourth-order valence-electron chi connectivity index (χ4n) is 1.01. The zero-order valence-electron chi connectivity index (χ0n) is 9.48. The van der Waals surface area contributed by atoms with Crippen LogP contribution in [0.25, 0.3) is 0 Å². The monoisotopic (exact) mass is 243 g/mol. The third-order valence-electron chi connectivity index (χ3n) is 1.91. The Morgan fingerprint density at radius 2 is 1.94 bits per heavy atom. The third-order valence-corrected chi connectivity index (χ3v) is 1.91. The third kappa shape index (κ3) is 5.32. The predicted octanol–water partition coefficient (Wildman–Crippen LogP) is 1.11. The van der Waals surface area contributed by atoms with Crippen molar-refractivity contribution in [3.05, 3.63) is 0 Å². The zero-order chi connectivity index (χ0) is 12.8. The first-order valence-electron chi connectivity index (χ1n) is 4.73. The van der Waals surface area contributed by atoms with Crippen LogP contribution < -0.4 is 5.32 Å². The number of methoxy groups -OCH3 is 1. The summed E-state index contributed by atoms with van der Waals surface area (Å²) < 4.78 is 45.4. The lowest BCUT2D eigenvalue weighted by molar-refractivity contribution is -0.155. The number of halogens is 3. The van der Waals surface area contributed by atoms with Crippen LogP contribution in [0, 0.1) is 0 Å². The second-order valence-corrected chi connectivity index (χ2v) is 3.43. The lowest BCUT2D eigenvalue weighted by atomic mass is 10.0. The molecule has 1 unspecified atom stereocenters. The van der Waals surface area contributed by atoms with Crippen molar-refractivity contribution in [3.8, 4) is 0 Å². The Balaban J connectivity index is 4.47. The van der Waals surface area contributed by atoms with E-state index in [0.717, 1.165) is 7.11 Å². The van der Waals surface area contributed by atoms with Crippen LogP contribution in [0.5, 0.6) is 0 Å². The van der Waals surface area contributed by atoms with Crippen LogP contribution in [-0.4, -0.2) is 44.6 Å². The fourth-order valence-corrected chi connectivity index (χ4v) is 1.01. The molecule has 0 aromatic carbocycles. The van der Waals surface area contributed by atoms with Gasteiger partial charge in [-0.1, -0.05) is 0 Å². The van der Waals surface area contributed by atoms with Gasteiger partial charge in [0, 0.05) is 6.61 Å². The van der Waals surface area contributed by atoms with E-state index in [2.05, 4.69) is 10.1 Å². The maximum absolute atomic E-state index is 12.0. The van der Waals surface area contributed by atoms with Crippen LogP contribution in [0.15, 0.2) is 0 Å². The minimum absolute atomic E-state index is 0.174. The van der Waals surface area contributed by atoms with Crippen molar-refractivity contribution in [2.45, 2.75) is 25.6 Å². The molecule has 0 amide bonds. The van der Waals surface area contributed by atoms with Crippen LogP contribution >= 0.6 is 0 Å². The van der Waals surface area contributed by atoms with Gasteiger partial charge in [-0.3, -0.25) is 5.32 Å². The highest BCUT2D eigenvalue weighted by Gasteiger charge is 2.38. The highest BCUT2D eigenvalue weighted by Crippen LogP contribution is 2.16. The molecule has 0 aromatic heterocycles. The summed E-state index contributed by atoms with van der Waals surface area (Å²) in [5.74, 6) is -0.787. The van der Waals surface area contributed by atoms with Crippen molar-refractivity contribution in [1.82, 2.24) is 5.32 Å². The van der Waals surface area contributed by atoms with Gasteiger partial charge in [-0.05, 0) is 13.8 Å². The molecular formula is C9H16F3NO3. The van der Waals surface area contributed by atoms with Crippen molar-refractivity contribution in [2.75, 3.05) is 26.9 Å². The molecule has 0 radical (unpaired) electrons. The molecule has 7 heteroatoms. The van der Waals surface area contributed by atoms with Crippen LogP contribution in [-0.2, 0) is 14.3 Å². The summed E-state index contributed by atoms with van der Waals surface area (Å²) in [4.78, 5) is 11.3. The van der Waals surface area contributed by atoms with Gasteiger partial charge in [0.15, 0.2) is 0 Å². The molecule has 0 aliphatic carbocycles. The standard InChI is InChI=1S/C9H16F3NO3/c1-4-16-6-8(2,7(14)15-3)13-5-9(10,11)12/h13H,4-6H2,1-3H3. The molecule has 0 saturated carbocycles. The fraction of sp³-hybridized carbons (Fsp3) is 0.889. The van der Waals surface area contributed by atoms with E-state index in [9.17, 15) is 18.0 Å². The van der Waals surface area contributed by atoms with Crippen molar-refractivity contribution in [1.29, 1.82) is 0 Å². The van der Waals surface area contributed by atoms with Crippen LogP contribution in [0.2, 0.25) is 0 Å². The number of nitrogens with one attached hydrogen (secondary N) is 1. The predicted molar refractivity (Wildman–Crippen MR) is 51.0 cm³/mol. The highest BCUT2D eigenvalue weighted by molar-refractivity contribution is 5.80. The van der Waals surface area contributed by atoms with E-state index in [1.165, 1.54) is 6.92 Å². The van der Waals surface area contributed by atoms with Crippen LogP contribution in [0.4, 0.5) is 13.2 Å². The number of esters is 1. The lowest BCUT2D eigenvalue weighted by Crippen LogP contribution is -2.56. The van der Waals surface area contributed by atoms with Crippen LogP contribution in [0.1, 0.15) is 13.8 Å². The molecule has 0 rings (SSSR count). The van der Waals surface area contributed by atoms with E-state index < -0.39 is 24.2 Å². The number of carbonyl (C=O) groups excluding carboxylic acids is 1. The highest BCUT2D eigenvalue weighted by atomic mass is 19.4. The molecule has 96 valence electrons. The quantitative estimate of drug-likeness (QED) is 0.710. The molecule has 0 saturated heterocycles. The Hall–Kier alpha value is -0.820. The number of hydrogen-bond donors (Lipinski definition) is 1. The van der Waals surface area contributed by atoms with Gasteiger partial charge in [-0.15, -0.1) is 0 Å². The van der Waals surface area contributed by atoms with Gasteiger partial charge < -0.3 is 9.47 Å². The number of hydrogen-bond acceptors (Lipinski definition) is 4. The van der Waals surface area contributed by atoms with E-state index in [-0.39, 0.29) is 6.61 Å². The van der Waals surface area contributed by atoms with Gasteiger partial charge >= 0.3 is 12.1 Å². The Labute approximate surface area is 92.1 Å². The largest absolute Gasteiger partial charge is 0.468 e. The molecule has 0 aliphatic heterocycles. The number of carbonyl (C=O) groups is 1. The minimum Gasteiger partial charge on any atom is -0.468 e. The van der Waals surface area contributed by atoms with E-state index in [1.807, 2.05) is 0 Å². The Kier molecular flexibility index (Phi) is 5.74. The van der Waals surface area contributed by atoms with Crippen molar-refractivity contribution in [2.24, 2.45) is 0 Å². The van der Waals surface area contributed by atoms with E-state index in [4.69, 9.17) is 4.74 Å². The normalized spacial score (nSPS) is 15.6. The Morgan fingerprint density at radius 1 is 1.38 bits per heavy atom. The molecule has 1 N–H and O–H groups in total. The summed E-state index contributed by atoms with van der Waals surface area (Å²) >= 11 is 0. The molecule has 0 spiro atoms. The Bertz CT molecular complexity index is 233. The van der Waals surface area contributed by atoms with E-state index in [0.29, 0.717) is 6.61 Å². The Morgan fingerprint density at radius 3 is 2.31 bits per heavy atom. The average molecular weight is 243 g/mol. The molecule has 0 aromatic rings. The van der Waals surface area contributed by atoms with Gasteiger partial charge in [-0.2, -0.15) is 13.2 Å². The molecule has 4 nitrogen and oxygen atoms in total. The van der Waals surface area contributed by atoms with Gasteiger partial charge in [0.2, 0.25) is 0 Å². The molecule has 0 heterocycles. The molecule has 16 heavy (non-hydrogen) atoms. The topological polar surface area (TPSA) is 47.6 Å². The molecule has 1 atom stereocenters. The minimum atomic E-state index is -4.39. The SMILES string of the molecule is CCOCC(C)(NCC(F)(F)F)C(=O)OC. The first-order valence-corrected chi connectivity index (χ1v) is 4.73. The summed E-state index contributed by atoms with van der Waals surface area (Å²) in [7, 11) is 1.11. The molecule has 0 bridgehead atoms. The maximum atomic E-state index is 12.0. The van der Waals surface area contributed by atoms with Crippen molar-refractivity contribution >= 4 is 5.97 Å². The second kappa shape index (κ2) is 6.05. The van der Waals surface area contributed by atoms with Gasteiger partial charge in [0.05, 0.1) is 20.3 Å². The number of rotatable bonds is 6. The molecule has 0 aliphatic rings. The number of ether oxygens (including phenoxy) is 2. The van der Waals surface area contributed by atoms with Crippen molar-refractivity contribution in [3.63, 3.8) is 0 Å². The van der Waals surface area contributed by atoms with Gasteiger partial charge in [-0.25, -0.2) is 4.79 Å². The summed E-state index contributed by atoms with van der Waals surface area (Å²) in [5.41, 5.74) is -1.49. The summed E-state index contributed by atoms with van der Waals surface area (Å²) in [6.07, 6.45) is -4.39. The second-order valence-electron chi connectivity index (χ2n) is 3.43. The first-order chi connectivity index (χ1) is 7.25. The van der Waals surface area contributed by atoms with Crippen LogP contribution in [0.3, 0.4) is 0 Å². The molecule has 0 fully saturated rings. The molecular weight excluding hydrogens is 227 g/mol. The van der Waals surface area contributed by atoms with Gasteiger partial charge in [0.1, 0.15) is 5.54 Å². The van der Waals surface area contributed by atoms with Gasteiger partial charge in [0.25, 0.3) is 0 Å². The lowest BCUT2D eigenvalue weighted by Gasteiger charge is -2.28.